The number of nitrogens with zero attached hydrogens (tertiary/aromatic N) is 2. The number of carbonyl (C=O) groups is 2. The molecular weight excluding hydrogens is 518 g/mol. The van der Waals surface area contributed by atoms with Crippen molar-refractivity contribution in [3.63, 3.8) is 0 Å². The van der Waals surface area contributed by atoms with Gasteiger partial charge in [-0.1, -0.05) is 18.2 Å². The Morgan fingerprint density at radius 3 is 2.13 bits per heavy atom. The predicted octanol–water partition coefficient (Wildman–Crippen LogP) is 4.66. The summed E-state index contributed by atoms with van der Waals surface area (Å²) in [5.74, 6) is 0.552. The number of ether oxygens (including phenoxy) is 2. The average Bonchev–Trinajstić information content (AvgIpc) is 3.23. The second kappa shape index (κ2) is 12.1. The van der Waals surface area contributed by atoms with Crippen molar-refractivity contribution in [1.82, 2.24) is 14.9 Å². The molecule has 10 nitrogen and oxygen atoms in total. The minimum atomic E-state index is -0.409. The Labute approximate surface area is 230 Å². The van der Waals surface area contributed by atoms with Crippen molar-refractivity contribution < 1.29 is 19.1 Å². The third kappa shape index (κ3) is 6.27. The number of nitrogens with one attached hydrogen (secondary N) is 3. The highest BCUT2D eigenvalue weighted by molar-refractivity contribution is 7.20. The van der Waals surface area contributed by atoms with Gasteiger partial charge in [-0.25, -0.2) is 4.98 Å². The monoisotopic (exact) mass is 549 g/mol. The number of aromatic nitrogens is 2. The first kappa shape index (κ1) is 27.8. The minimum Gasteiger partial charge on any atom is -0.492 e. The molecule has 0 fully saturated rings. The highest BCUT2D eigenvalue weighted by Gasteiger charge is 2.22. The summed E-state index contributed by atoms with van der Waals surface area (Å²) in [5, 5.41) is 6.16. The molecule has 11 heteroatoms. The predicted molar refractivity (Wildman–Crippen MR) is 153 cm³/mol. The fourth-order valence-electron chi connectivity index (χ4n) is 4.05. The lowest BCUT2D eigenvalue weighted by molar-refractivity contribution is 0.101. The maximum absolute atomic E-state index is 13.4. The number of aromatic amines is 1. The third-order valence-corrected chi connectivity index (χ3v) is 6.92. The molecular formula is C28H31N5O5S. The van der Waals surface area contributed by atoms with Gasteiger partial charge in [0.05, 0.1) is 41.4 Å². The van der Waals surface area contributed by atoms with E-state index >= 15 is 0 Å². The highest BCUT2D eigenvalue weighted by Crippen LogP contribution is 2.38. The zero-order valence-electron chi connectivity index (χ0n) is 22.5. The van der Waals surface area contributed by atoms with E-state index in [0.717, 1.165) is 11.3 Å². The van der Waals surface area contributed by atoms with Crippen molar-refractivity contribution in [2.45, 2.75) is 27.3 Å². The fraction of sp³-hybridized carbons (Fsp3) is 0.286. The molecule has 0 radical (unpaired) electrons. The van der Waals surface area contributed by atoms with E-state index in [4.69, 9.17) is 9.47 Å². The quantitative estimate of drug-likeness (QED) is 0.263. The highest BCUT2D eigenvalue weighted by atomic mass is 32.1. The molecule has 3 N–H and O–H groups in total. The number of hydrogen-bond acceptors (Lipinski definition) is 8. The molecule has 0 atom stereocenters. The van der Waals surface area contributed by atoms with Gasteiger partial charge >= 0.3 is 0 Å². The van der Waals surface area contributed by atoms with Gasteiger partial charge in [-0.05, 0) is 52.6 Å². The zero-order chi connectivity index (χ0) is 28.1. The molecule has 0 saturated heterocycles. The molecule has 4 aromatic rings. The number of fused-ring (bicyclic) bond motifs is 1. The van der Waals surface area contributed by atoms with Gasteiger partial charge in [-0.3, -0.25) is 14.4 Å². The van der Waals surface area contributed by atoms with Gasteiger partial charge in [0.15, 0.2) is 0 Å². The number of benzene rings is 2. The number of rotatable bonds is 10. The van der Waals surface area contributed by atoms with E-state index < -0.39 is 5.91 Å². The number of anilines is 2. The number of amides is 2. The zero-order valence-corrected chi connectivity index (χ0v) is 23.3. The van der Waals surface area contributed by atoms with Gasteiger partial charge in [0.1, 0.15) is 22.2 Å². The van der Waals surface area contributed by atoms with E-state index in [1.807, 2.05) is 38.9 Å². The van der Waals surface area contributed by atoms with E-state index in [0.29, 0.717) is 74.7 Å². The molecule has 204 valence electrons. The summed E-state index contributed by atoms with van der Waals surface area (Å²) in [7, 11) is 3.77. The van der Waals surface area contributed by atoms with Gasteiger partial charge in [-0.2, -0.15) is 0 Å². The SMILES string of the molecule is CCOc1cc(NC(=O)c2sc3nc(CN(C)C)[nH]c(=O)c3c2C)c(OCC)cc1NC(=O)c1ccccc1. The number of H-pyrrole nitrogens is 1. The standard InChI is InChI=1S/C28H31N5O5S/c1-6-37-20-14-19(21(38-7-2)13-18(20)29-25(34)17-11-9-8-10-12-17)30-27(36)24-16(3)23-26(35)31-22(15-33(4)5)32-28(23)39-24/h8-14H,6-7,15H2,1-5H3,(H,29,34)(H,30,36)(H,31,32,35). The Bertz CT molecular complexity index is 1560. The van der Waals surface area contributed by atoms with E-state index in [1.165, 1.54) is 0 Å². The third-order valence-electron chi connectivity index (χ3n) is 5.74. The van der Waals surface area contributed by atoms with Crippen molar-refractivity contribution in [1.29, 1.82) is 0 Å². The van der Waals surface area contributed by atoms with Gasteiger partial charge in [0, 0.05) is 17.7 Å². The molecule has 0 aliphatic heterocycles. The lowest BCUT2D eigenvalue weighted by Crippen LogP contribution is -2.18. The van der Waals surface area contributed by atoms with Crippen LogP contribution in [0.3, 0.4) is 0 Å². The van der Waals surface area contributed by atoms with Crippen molar-refractivity contribution in [2.75, 3.05) is 37.9 Å². The Kier molecular flexibility index (Phi) is 8.62. The molecule has 2 heterocycles. The van der Waals surface area contributed by atoms with Crippen LogP contribution >= 0.6 is 11.3 Å². The fourth-order valence-corrected chi connectivity index (χ4v) is 5.14. The smallest absolute Gasteiger partial charge is 0.266 e. The average molecular weight is 550 g/mol. The summed E-state index contributed by atoms with van der Waals surface area (Å²) in [5.41, 5.74) is 1.54. The van der Waals surface area contributed by atoms with Crippen molar-refractivity contribution in [3.05, 3.63) is 74.6 Å². The number of thiophene rings is 1. The topological polar surface area (TPSA) is 126 Å². The van der Waals surface area contributed by atoms with Crippen LogP contribution in [0.15, 0.2) is 47.3 Å². The summed E-state index contributed by atoms with van der Waals surface area (Å²) >= 11 is 1.16. The van der Waals surface area contributed by atoms with Gasteiger partial charge in [-0.15, -0.1) is 11.3 Å². The van der Waals surface area contributed by atoms with Crippen LogP contribution in [-0.2, 0) is 6.54 Å². The Morgan fingerprint density at radius 2 is 1.56 bits per heavy atom. The van der Waals surface area contributed by atoms with Crippen LogP contribution in [0.4, 0.5) is 11.4 Å². The van der Waals surface area contributed by atoms with Crippen LogP contribution in [0.5, 0.6) is 11.5 Å². The number of hydrogen-bond donors (Lipinski definition) is 3. The summed E-state index contributed by atoms with van der Waals surface area (Å²) in [6.07, 6.45) is 0. The lowest BCUT2D eigenvalue weighted by atomic mass is 10.1. The second-order valence-corrected chi connectivity index (χ2v) is 9.97. The first-order valence-corrected chi connectivity index (χ1v) is 13.3. The Morgan fingerprint density at radius 1 is 0.974 bits per heavy atom. The molecule has 0 spiro atoms. The molecule has 2 aromatic carbocycles. The molecule has 0 saturated carbocycles. The van der Waals surface area contributed by atoms with Crippen LogP contribution in [-0.4, -0.2) is 54.0 Å². The van der Waals surface area contributed by atoms with Crippen LogP contribution in [0.2, 0.25) is 0 Å². The molecule has 2 aromatic heterocycles. The first-order chi connectivity index (χ1) is 18.7. The molecule has 39 heavy (non-hydrogen) atoms. The lowest BCUT2D eigenvalue weighted by Gasteiger charge is -2.18. The van der Waals surface area contributed by atoms with E-state index in [2.05, 4.69) is 20.6 Å². The van der Waals surface area contributed by atoms with Crippen LogP contribution in [0, 0.1) is 6.92 Å². The Balaban J connectivity index is 1.68. The van der Waals surface area contributed by atoms with Gasteiger partial charge < -0.3 is 30.0 Å². The van der Waals surface area contributed by atoms with Gasteiger partial charge in [0.2, 0.25) is 0 Å². The largest absolute Gasteiger partial charge is 0.492 e. The first-order valence-electron chi connectivity index (χ1n) is 12.5. The molecule has 0 aliphatic carbocycles. The van der Waals surface area contributed by atoms with Gasteiger partial charge in [0.25, 0.3) is 17.4 Å². The summed E-state index contributed by atoms with van der Waals surface area (Å²) in [4.78, 5) is 49.1. The van der Waals surface area contributed by atoms with Crippen molar-refractivity contribution >= 4 is 44.7 Å². The number of carbonyl (C=O) groups excluding carboxylic acids is 2. The minimum absolute atomic E-state index is 0.281. The normalized spacial score (nSPS) is 11.0. The van der Waals surface area contributed by atoms with Crippen LogP contribution < -0.4 is 25.7 Å². The van der Waals surface area contributed by atoms with E-state index in [9.17, 15) is 14.4 Å². The van der Waals surface area contributed by atoms with Crippen LogP contribution in [0.1, 0.15) is 45.3 Å². The van der Waals surface area contributed by atoms with Crippen LogP contribution in [0.25, 0.3) is 10.2 Å². The van der Waals surface area contributed by atoms with Crippen molar-refractivity contribution in [3.8, 4) is 11.5 Å². The maximum atomic E-state index is 13.4. The maximum Gasteiger partial charge on any atom is 0.266 e. The Hall–Kier alpha value is -4.22. The molecule has 2 amide bonds. The molecule has 4 rings (SSSR count). The van der Waals surface area contributed by atoms with E-state index in [-0.39, 0.29) is 11.5 Å². The molecule has 0 unspecified atom stereocenters. The summed E-state index contributed by atoms with van der Waals surface area (Å²) in [6.45, 7) is 6.52. The summed E-state index contributed by atoms with van der Waals surface area (Å²) < 4.78 is 11.6. The molecule has 0 bridgehead atoms. The summed E-state index contributed by atoms with van der Waals surface area (Å²) in [6, 6.07) is 12.1. The molecule has 0 aliphatic rings. The number of aryl methyl sites for hydroxylation is 1. The van der Waals surface area contributed by atoms with Crippen molar-refractivity contribution in [2.24, 2.45) is 0 Å². The second-order valence-electron chi connectivity index (χ2n) is 8.97. The van der Waals surface area contributed by atoms with E-state index in [1.54, 1.807) is 43.3 Å².